The summed E-state index contributed by atoms with van der Waals surface area (Å²) in [5, 5.41) is 12.4. The molecule has 3 rings (SSSR count). The Morgan fingerprint density at radius 2 is 1.82 bits per heavy atom. The van der Waals surface area contributed by atoms with E-state index < -0.39 is 5.91 Å². The summed E-state index contributed by atoms with van der Waals surface area (Å²) in [6.45, 7) is 1.89. The van der Waals surface area contributed by atoms with E-state index in [1.54, 1.807) is 13.2 Å². The van der Waals surface area contributed by atoms with Crippen molar-refractivity contribution in [3.05, 3.63) is 89.8 Å². The maximum absolute atomic E-state index is 12.6. The van der Waals surface area contributed by atoms with Crippen molar-refractivity contribution in [1.29, 1.82) is 5.26 Å². The van der Waals surface area contributed by atoms with Gasteiger partial charge in [0.2, 0.25) is 0 Å². The number of methoxy groups -OCH3 is 1. The summed E-state index contributed by atoms with van der Waals surface area (Å²) in [7, 11) is 1.62. The molecule has 3 aromatic rings. The van der Waals surface area contributed by atoms with E-state index in [-0.39, 0.29) is 11.6 Å². The van der Waals surface area contributed by atoms with Crippen LogP contribution in [-0.4, -0.2) is 17.6 Å². The van der Waals surface area contributed by atoms with E-state index >= 15 is 0 Å². The van der Waals surface area contributed by atoms with Crippen LogP contribution in [0.15, 0.2) is 78.5 Å². The van der Waals surface area contributed by atoms with Gasteiger partial charge < -0.3 is 14.6 Å². The Hall–Kier alpha value is -3.78. The van der Waals surface area contributed by atoms with Gasteiger partial charge in [0.1, 0.15) is 17.4 Å². The first-order chi connectivity index (χ1) is 13.6. The van der Waals surface area contributed by atoms with Crippen molar-refractivity contribution in [3.63, 3.8) is 0 Å². The van der Waals surface area contributed by atoms with Crippen LogP contribution in [0.2, 0.25) is 0 Å². The maximum Gasteiger partial charge on any atom is 0.262 e. The summed E-state index contributed by atoms with van der Waals surface area (Å²) in [5.74, 6) is 0.362. The maximum atomic E-state index is 12.6. The fourth-order valence-electron chi connectivity index (χ4n) is 2.89. The lowest BCUT2D eigenvalue weighted by atomic mass is 10.1. The topological polar surface area (TPSA) is 67.0 Å². The minimum absolute atomic E-state index is 0.0521. The van der Waals surface area contributed by atoms with Gasteiger partial charge in [0.25, 0.3) is 5.91 Å². The standard InChI is InChI=1S/C23H21N3O2/c1-17(18-7-4-3-5-8-18)25-23(27)19(16-24)15-21-9-6-14-26(21)20-10-12-22(28-2)13-11-20/h3-15,17H,1-2H3,(H,25,27)/b19-15-/t17-/m1/s1. The molecule has 0 spiro atoms. The van der Waals surface area contributed by atoms with E-state index in [0.717, 1.165) is 22.7 Å². The first-order valence-corrected chi connectivity index (χ1v) is 8.91. The molecule has 5 heteroatoms. The first kappa shape index (κ1) is 19.0. The molecular weight excluding hydrogens is 350 g/mol. The third kappa shape index (κ3) is 4.30. The Bertz CT molecular complexity index is 1010. The smallest absolute Gasteiger partial charge is 0.262 e. The van der Waals surface area contributed by atoms with E-state index in [1.165, 1.54) is 0 Å². The molecule has 1 aromatic heterocycles. The molecule has 1 atom stereocenters. The Morgan fingerprint density at radius 1 is 1.11 bits per heavy atom. The third-order valence-electron chi connectivity index (χ3n) is 4.44. The van der Waals surface area contributed by atoms with E-state index in [1.807, 2.05) is 90.5 Å². The van der Waals surface area contributed by atoms with Gasteiger partial charge in [-0.05, 0) is 55.0 Å². The molecule has 0 bridgehead atoms. The quantitative estimate of drug-likeness (QED) is 0.520. The molecule has 0 unspecified atom stereocenters. The van der Waals surface area contributed by atoms with Crippen molar-refractivity contribution in [3.8, 4) is 17.5 Å². The molecule has 0 saturated heterocycles. The Balaban J connectivity index is 1.82. The highest BCUT2D eigenvalue weighted by atomic mass is 16.5. The molecule has 2 aromatic carbocycles. The summed E-state index contributed by atoms with van der Waals surface area (Å²) in [6.07, 6.45) is 3.48. The second-order valence-corrected chi connectivity index (χ2v) is 6.28. The average Bonchev–Trinajstić information content (AvgIpc) is 3.20. The van der Waals surface area contributed by atoms with Gasteiger partial charge in [-0.3, -0.25) is 4.79 Å². The van der Waals surface area contributed by atoms with Crippen LogP contribution in [0, 0.1) is 11.3 Å². The lowest BCUT2D eigenvalue weighted by molar-refractivity contribution is -0.117. The normalized spacial score (nSPS) is 12.1. The first-order valence-electron chi connectivity index (χ1n) is 8.91. The van der Waals surface area contributed by atoms with Gasteiger partial charge in [-0.1, -0.05) is 30.3 Å². The summed E-state index contributed by atoms with van der Waals surface area (Å²) in [6, 6.07) is 22.7. The number of nitrogens with one attached hydrogen (secondary N) is 1. The summed E-state index contributed by atoms with van der Waals surface area (Å²) >= 11 is 0. The highest BCUT2D eigenvalue weighted by molar-refractivity contribution is 6.01. The zero-order valence-corrected chi connectivity index (χ0v) is 15.8. The zero-order valence-electron chi connectivity index (χ0n) is 15.8. The lowest BCUT2D eigenvalue weighted by Gasteiger charge is -2.14. The number of carbonyl (C=O) groups is 1. The van der Waals surface area contributed by atoms with Crippen LogP contribution in [0.3, 0.4) is 0 Å². The molecule has 5 nitrogen and oxygen atoms in total. The van der Waals surface area contributed by atoms with Crippen molar-refractivity contribution >= 4 is 12.0 Å². The van der Waals surface area contributed by atoms with Gasteiger partial charge in [0.05, 0.1) is 13.2 Å². The minimum atomic E-state index is -0.402. The highest BCUT2D eigenvalue weighted by Gasteiger charge is 2.14. The van der Waals surface area contributed by atoms with Crippen molar-refractivity contribution in [2.75, 3.05) is 7.11 Å². The van der Waals surface area contributed by atoms with Crippen LogP contribution in [0.5, 0.6) is 5.75 Å². The monoisotopic (exact) mass is 371 g/mol. The molecule has 0 fully saturated rings. The predicted octanol–water partition coefficient (Wildman–Crippen LogP) is 4.27. The fraction of sp³-hybridized carbons (Fsp3) is 0.130. The molecule has 140 valence electrons. The number of hydrogen-bond donors (Lipinski definition) is 1. The van der Waals surface area contributed by atoms with Crippen molar-refractivity contribution in [1.82, 2.24) is 9.88 Å². The minimum Gasteiger partial charge on any atom is -0.497 e. The number of rotatable bonds is 6. The van der Waals surface area contributed by atoms with E-state index in [4.69, 9.17) is 4.74 Å². The second kappa shape index (κ2) is 8.74. The molecule has 0 aliphatic rings. The Labute approximate surface area is 164 Å². The molecular formula is C23H21N3O2. The second-order valence-electron chi connectivity index (χ2n) is 6.28. The Kier molecular flexibility index (Phi) is 5.93. The highest BCUT2D eigenvalue weighted by Crippen LogP contribution is 2.19. The summed E-state index contributed by atoms with van der Waals surface area (Å²) < 4.78 is 7.09. The predicted molar refractivity (Wildman–Crippen MR) is 109 cm³/mol. The summed E-state index contributed by atoms with van der Waals surface area (Å²) in [5.41, 5.74) is 2.68. The van der Waals surface area contributed by atoms with E-state index in [9.17, 15) is 10.1 Å². The number of nitrogens with zero attached hydrogens (tertiary/aromatic N) is 2. The van der Waals surface area contributed by atoms with Gasteiger partial charge in [0.15, 0.2) is 0 Å². The van der Waals surface area contributed by atoms with Crippen LogP contribution >= 0.6 is 0 Å². The van der Waals surface area contributed by atoms with Crippen molar-refractivity contribution in [2.24, 2.45) is 0 Å². The number of amides is 1. The van der Waals surface area contributed by atoms with Crippen LogP contribution in [0.1, 0.15) is 24.2 Å². The van der Waals surface area contributed by atoms with Crippen molar-refractivity contribution < 1.29 is 9.53 Å². The van der Waals surface area contributed by atoms with Gasteiger partial charge in [-0.25, -0.2) is 0 Å². The van der Waals surface area contributed by atoms with Crippen LogP contribution in [-0.2, 0) is 4.79 Å². The molecule has 0 saturated carbocycles. The van der Waals surface area contributed by atoms with Gasteiger partial charge in [-0.15, -0.1) is 0 Å². The van der Waals surface area contributed by atoms with Crippen LogP contribution in [0.25, 0.3) is 11.8 Å². The molecule has 0 radical (unpaired) electrons. The molecule has 28 heavy (non-hydrogen) atoms. The number of carbonyl (C=O) groups excluding carboxylic acids is 1. The molecule has 1 N–H and O–H groups in total. The number of benzene rings is 2. The van der Waals surface area contributed by atoms with Crippen molar-refractivity contribution in [2.45, 2.75) is 13.0 Å². The molecule has 0 aliphatic heterocycles. The van der Waals surface area contributed by atoms with Gasteiger partial charge >= 0.3 is 0 Å². The number of nitriles is 1. The van der Waals surface area contributed by atoms with E-state index in [0.29, 0.717) is 0 Å². The van der Waals surface area contributed by atoms with Crippen LogP contribution < -0.4 is 10.1 Å². The molecule has 0 aliphatic carbocycles. The molecule has 1 amide bonds. The molecule has 1 heterocycles. The number of hydrogen-bond acceptors (Lipinski definition) is 3. The SMILES string of the molecule is COc1ccc(-n2cccc2/C=C(/C#N)C(=O)N[C@H](C)c2ccccc2)cc1. The lowest BCUT2D eigenvalue weighted by Crippen LogP contribution is -2.27. The summed E-state index contributed by atoms with van der Waals surface area (Å²) in [4.78, 5) is 12.6. The van der Waals surface area contributed by atoms with Crippen LogP contribution in [0.4, 0.5) is 0 Å². The van der Waals surface area contributed by atoms with Gasteiger partial charge in [-0.2, -0.15) is 5.26 Å². The number of ether oxygens (including phenoxy) is 1. The number of aromatic nitrogens is 1. The van der Waals surface area contributed by atoms with E-state index in [2.05, 4.69) is 5.32 Å². The average molecular weight is 371 g/mol. The largest absolute Gasteiger partial charge is 0.497 e. The fourth-order valence-corrected chi connectivity index (χ4v) is 2.89. The van der Waals surface area contributed by atoms with Gasteiger partial charge in [0, 0.05) is 17.6 Å². The Morgan fingerprint density at radius 3 is 2.46 bits per heavy atom. The zero-order chi connectivity index (χ0) is 19.9. The third-order valence-corrected chi connectivity index (χ3v) is 4.44.